The first-order valence-electron chi connectivity index (χ1n) is 10.4. The summed E-state index contributed by atoms with van der Waals surface area (Å²) in [7, 11) is 0. The summed E-state index contributed by atoms with van der Waals surface area (Å²) in [5.74, 6) is 1.24. The van der Waals surface area contributed by atoms with Gasteiger partial charge >= 0.3 is 0 Å². The van der Waals surface area contributed by atoms with Crippen molar-refractivity contribution in [3.8, 4) is 0 Å². The smallest absolute Gasteiger partial charge is 0.223 e. The molecule has 1 amide bonds. The van der Waals surface area contributed by atoms with E-state index in [9.17, 15) is 4.79 Å². The summed E-state index contributed by atoms with van der Waals surface area (Å²) in [4.78, 5) is 21.4. The predicted molar refractivity (Wildman–Crippen MR) is 109 cm³/mol. The van der Waals surface area contributed by atoms with Crippen LogP contribution < -0.4 is 16.0 Å². The Morgan fingerprint density at radius 3 is 2.74 bits per heavy atom. The molecule has 2 saturated carbocycles. The average Bonchev–Trinajstić information content (AvgIpc) is 3.48. The molecule has 3 rings (SSSR count). The number of aromatic nitrogens is 1. The molecule has 6 nitrogen and oxygen atoms in total. The fourth-order valence-corrected chi connectivity index (χ4v) is 3.56. The number of guanidine groups is 1. The van der Waals surface area contributed by atoms with Crippen LogP contribution in [0.2, 0.25) is 0 Å². The third-order valence-electron chi connectivity index (χ3n) is 5.30. The molecule has 0 saturated heterocycles. The number of hydrogen-bond donors (Lipinski definition) is 3. The second-order valence-electron chi connectivity index (χ2n) is 7.81. The number of nitrogens with zero attached hydrogens (tertiary/aromatic N) is 2. The topological polar surface area (TPSA) is 78.4 Å². The lowest BCUT2D eigenvalue weighted by Gasteiger charge is -2.30. The molecule has 0 aromatic carbocycles. The first-order valence-corrected chi connectivity index (χ1v) is 10.4. The van der Waals surface area contributed by atoms with Gasteiger partial charge in [-0.15, -0.1) is 0 Å². The molecule has 2 unspecified atom stereocenters. The van der Waals surface area contributed by atoms with Gasteiger partial charge in [-0.25, -0.2) is 0 Å². The Labute approximate surface area is 162 Å². The fraction of sp³-hybridized carbons (Fsp3) is 0.667. The zero-order valence-corrected chi connectivity index (χ0v) is 16.6. The lowest BCUT2D eigenvalue weighted by molar-refractivity contribution is -0.126. The van der Waals surface area contributed by atoms with E-state index < -0.39 is 0 Å². The van der Waals surface area contributed by atoms with Gasteiger partial charge in [-0.05, 0) is 64.0 Å². The third-order valence-corrected chi connectivity index (χ3v) is 5.30. The second kappa shape index (κ2) is 9.72. The highest BCUT2D eigenvalue weighted by Gasteiger charge is 2.31. The van der Waals surface area contributed by atoms with Crippen LogP contribution in [-0.4, -0.2) is 42.0 Å². The van der Waals surface area contributed by atoms with E-state index in [1.54, 1.807) is 0 Å². The first-order chi connectivity index (χ1) is 13.1. The van der Waals surface area contributed by atoms with Crippen molar-refractivity contribution in [1.82, 2.24) is 20.9 Å². The van der Waals surface area contributed by atoms with E-state index in [0.29, 0.717) is 12.1 Å². The molecule has 27 heavy (non-hydrogen) atoms. The quantitative estimate of drug-likeness (QED) is 0.508. The number of aliphatic imine (C=N–C) groups is 1. The standard InChI is InChI=1S/C21H33N5O/c1-3-22-21(23-12-11-16-8-7-15(2)24-14-16)26-19-6-4-5-17(13-19)20(27)25-18-9-10-18/h7-8,14,17-19H,3-6,9-13H2,1-2H3,(H,25,27)(H2,22,23,26). The molecule has 1 aromatic rings. The molecule has 148 valence electrons. The lowest BCUT2D eigenvalue weighted by atomic mass is 9.85. The Morgan fingerprint density at radius 1 is 1.19 bits per heavy atom. The van der Waals surface area contributed by atoms with Crippen LogP contribution in [0, 0.1) is 12.8 Å². The van der Waals surface area contributed by atoms with Crippen LogP contribution in [0.1, 0.15) is 56.7 Å². The summed E-state index contributed by atoms with van der Waals surface area (Å²) in [5, 5.41) is 10.0. The van der Waals surface area contributed by atoms with Crippen LogP contribution in [0.15, 0.2) is 23.3 Å². The van der Waals surface area contributed by atoms with Gasteiger partial charge in [0.15, 0.2) is 5.96 Å². The average molecular weight is 372 g/mol. The van der Waals surface area contributed by atoms with Gasteiger partial charge < -0.3 is 16.0 Å². The summed E-state index contributed by atoms with van der Waals surface area (Å²) in [5.41, 5.74) is 2.24. The fourth-order valence-electron chi connectivity index (χ4n) is 3.56. The molecule has 6 heteroatoms. The van der Waals surface area contributed by atoms with Gasteiger partial charge in [0.05, 0.1) is 0 Å². The van der Waals surface area contributed by atoms with Gasteiger partial charge in [-0.3, -0.25) is 14.8 Å². The maximum Gasteiger partial charge on any atom is 0.223 e. The molecule has 0 aliphatic heterocycles. The maximum absolute atomic E-state index is 12.4. The number of amides is 1. The van der Waals surface area contributed by atoms with Crippen LogP contribution in [0.4, 0.5) is 0 Å². The molecule has 1 aromatic heterocycles. The van der Waals surface area contributed by atoms with Gasteiger partial charge in [0.2, 0.25) is 5.91 Å². The van der Waals surface area contributed by atoms with Crippen molar-refractivity contribution in [2.75, 3.05) is 13.1 Å². The predicted octanol–water partition coefficient (Wildman–Crippen LogP) is 2.33. The van der Waals surface area contributed by atoms with E-state index >= 15 is 0 Å². The zero-order valence-electron chi connectivity index (χ0n) is 16.6. The van der Waals surface area contributed by atoms with E-state index in [4.69, 9.17) is 4.99 Å². The lowest BCUT2D eigenvalue weighted by Crippen LogP contribution is -2.47. The first kappa shape index (κ1) is 19.6. The summed E-state index contributed by atoms with van der Waals surface area (Å²) in [6.45, 7) is 5.62. The minimum absolute atomic E-state index is 0.137. The molecule has 2 fully saturated rings. The van der Waals surface area contributed by atoms with Crippen molar-refractivity contribution in [2.24, 2.45) is 10.9 Å². The second-order valence-corrected chi connectivity index (χ2v) is 7.81. The molecule has 0 bridgehead atoms. The Morgan fingerprint density at radius 2 is 2.04 bits per heavy atom. The van der Waals surface area contributed by atoms with Gasteiger partial charge in [0.1, 0.15) is 0 Å². The van der Waals surface area contributed by atoms with Crippen molar-refractivity contribution in [2.45, 2.75) is 70.9 Å². The van der Waals surface area contributed by atoms with Gasteiger partial charge in [-0.1, -0.05) is 12.5 Å². The van der Waals surface area contributed by atoms with E-state index in [-0.39, 0.29) is 11.8 Å². The molecule has 2 aliphatic rings. The number of pyridine rings is 1. The van der Waals surface area contributed by atoms with Gasteiger partial charge in [-0.2, -0.15) is 0 Å². The number of nitrogens with one attached hydrogen (secondary N) is 3. The van der Waals surface area contributed by atoms with Crippen molar-refractivity contribution in [3.63, 3.8) is 0 Å². The molecular formula is C21H33N5O. The highest BCUT2D eigenvalue weighted by atomic mass is 16.2. The summed E-state index contributed by atoms with van der Waals surface area (Å²) in [6.07, 6.45) is 9.18. The number of aryl methyl sites for hydroxylation is 1. The van der Waals surface area contributed by atoms with Crippen molar-refractivity contribution < 1.29 is 4.79 Å². The monoisotopic (exact) mass is 371 g/mol. The Kier molecular flexibility index (Phi) is 7.07. The van der Waals surface area contributed by atoms with Crippen molar-refractivity contribution in [3.05, 3.63) is 29.6 Å². The van der Waals surface area contributed by atoms with Crippen LogP contribution in [0.25, 0.3) is 0 Å². The summed E-state index contributed by atoms with van der Waals surface area (Å²) in [6, 6.07) is 4.91. The van der Waals surface area contributed by atoms with E-state index in [0.717, 1.165) is 69.7 Å². The number of carbonyl (C=O) groups is 1. The molecule has 2 atom stereocenters. The molecule has 1 heterocycles. The minimum Gasteiger partial charge on any atom is -0.357 e. The molecular weight excluding hydrogens is 338 g/mol. The Bertz CT molecular complexity index is 638. The van der Waals surface area contributed by atoms with Crippen LogP contribution in [0.5, 0.6) is 0 Å². The Hall–Kier alpha value is -2.11. The highest BCUT2D eigenvalue weighted by Crippen LogP contribution is 2.26. The van der Waals surface area contributed by atoms with Crippen LogP contribution >= 0.6 is 0 Å². The normalized spacial score (nSPS) is 23.0. The van der Waals surface area contributed by atoms with Crippen molar-refractivity contribution in [1.29, 1.82) is 0 Å². The molecule has 0 spiro atoms. The summed E-state index contributed by atoms with van der Waals surface area (Å²) >= 11 is 0. The van der Waals surface area contributed by atoms with Gasteiger partial charge in [0, 0.05) is 43.0 Å². The van der Waals surface area contributed by atoms with E-state index in [2.05, 4.69) is 33.9 Å². The third kappa shape index (κ3) is 6.52. The van der Waals surface area contributed by atoms with Crippen LogP contribution in [0.3, 0.4) is 0 Å². The molecule has 0 radical (unpaired) electrons. The SMILES string of the molecule is CCNC(=NCCc1ccc(C)nc1)NC1CCCC(C(=O)NC2CC2)C1. The number of carbonyl (C=O) groups excluding carboxylic acids is 1. The van der Waals surface area contributed by atoms with Crippen molar-refractivity contribution >= 4 is 11.9 Å². The van der Waals surface area contributed by atoms with Crippen LogP contribution in [-0.2, 0) is 11.2 Å². The largest absolute Gasteiger partial charge is 0.357 e. The summed E-state index contributed by atoms with van der Waals surface area (Å²) < 4.78 is 0. The Balaban J connectivity index is 1.49. The van der Waals surface area contributed by atoms with E-state index in [1.165, 1.54) is 5.56 Å². The zero-order chi connectivity index (χ0) is 19.1. The van der Waals surface area contributed by atoms with Gasteiger partial charge in [0.25, 0.3) is 0 Å². The highest BCUT2D eigenvalue weighted by molar-refractivity contribution is 5.81. The molecule has 2 aliphatic carbocycles. The molecule has 3 N–H and O–H groups in total. The number of hydrogen-bond acceptors (Lipinski definition) is 3. The number of rotatable bonds is 7. The van der Waals surface area contributed by atoms with E-state index in [1.807, 2.05) is 19.2 Å². The minimum atomic E-state index is 0.137. The maximum atomic E-state index is 12.4.